The third kappa shape index (κ3) is 2.09. The van der Waals surface area contributed by atoms with Crippen LogP contribution in [0.1, 0.15) is 11.1 Å². The Bertz CT molecular complexity index is 600. The molecule has 1 aliphatic rings. The minimum Gasteiger partial charge on any atom is -0.508 e. The van der Waals surface area contributed by atoms with Crippen molar-refractivity contribution in [1.82, 2.24) is 0 Å². The zero-order chi connectivity index (χ0) is 12.4. The van der Waals surface area contributed by atoms with Crippen LogP contribution < -0.4 is 4.74 Å². The molecule has 0 fully saturated rings. The largest absolute Gasteiger partial charge is 0.508 e. The molecule has 0 aliphatic carbocycles. The first-order chi connectivity index (χ1) is 8.83. The van der Waals surface area contributed by atoms with Gasteiger partial charge in [-0.3, -0.25) is 0 Å². The summed E-state index contributed by atoms with van der Waals surface area (Å²) in [6.45, 7) is 0. The number of hydrogen-bond acceptors (Lipinski definition) is 2. The van der Waals surface area contributed by atoms with Gasteiger partial charge in [0.15, 0.2) is 0 Å². The van der Waals surface area contributed by atoms with Crippen LogP contribution in [0.4, 0.5) is 0 Å². The molecule has 18 heavy (non-hydrogen) atoms. The maximum Gasteiger partial charge on any atom is 0.130 e. The molecule has 2 aromatic carbocycles. The molecule has 2 nitrogen and oxygen atoms in total. The molecule has 1 heterocycles. The van der Waals surface area contributed by atoms with Crippen LogP contribution in [0.2, 0.25) is 0 Å². The molecular weight excluding hydrogens is 224 g/mol. The molecule has 0 saturated carbocycles. The smallest absolute Gasteiger partial charge is 0.130 e. The minimum atomic E-state index is 0.320. The van der Waals surface area contributed by atoms with Crippen LogP contribution in [0.5, 0.6) is 11.5 Å². The molecule has 0 bridgehead atoms. The summed E-state index contributed by atoms with van der Waals surface area (Å²) in [6, 6.07) is 15.4. The van der Waals surface area contributed by atoms with E-state index in [0.29, 0.717) is 12.2 Å². The number of para-hydroxylation sites is 2. The molecule has 0 spiro atoms. The maximum absolute atomic E-state index is 9.75. The lowest BCUT2D eigenvalue weighted by molar-refractivity contribution is 0.393. The van der Waals surface area contributed by atoms with Crippen LogP contribution in [0.3, 0.4) is 0 Å². The van der Waals surface area contributed by atoms with Gasteiger partial charge in [-0.2, -0.15) is 0 Å². The molecule has 0 amide bonds. The second-order valence-corrected chi connectivity index (χ2v) is 4.39. The van der Waals surface area contributed by atoms with Gasteiger partial charge < -0.3 is 9.84 Å². The Balaban J connectivity index is 1.81. The van der Waals surface area contributed by atoms with Gasteiger partial charge in [0.2, 0.25) is 0 Å². The highest BCUT2D eigenvalue weighted by Crippen LogP contribution is 2.28. The van der Waals surface area contributed by atoms with Gasteiger partial charge in [0.25, 0.3) is 0 Å². The third-order valence-corrected chi connectivity index (χ3v) is 3.12. The second-order valence-electron chi connectivity index (χ2n) is 4.39. The first-order valence-electron chi connectivity index (χ1n) is 6.04. The van der Waals surface area contributed by atoms with E-state index in [2.05, 4.69) is 12.1 Å². The average Bonchev–Trinajstić information content (AvgIpc) is 2.41. The van der Waals surface area contributed by atoms with E-state index in [9.17, 15) is 5.11 Å². The number of fused-ring (bicyclic) bond motifs is 1. The number of benzene rings is 2. The Kier molecular flexibility index (Phi) is 2.77. The van der Waals surface area contributed by atoms with E-state index in [1.807, 2.05) is 36.4 Å². The number of aromatic hydroxyl groups is 1. The van der Waals surface area contributed by atoms with Crippen molar-refractivity contribution in [1.29, 1.82) is 0 Å². The van der Waals surface area contributed by atoms with Crippen molar-refractivity contribution in [3.05, 3.63) is 71.5 Å². The third-order valence-electron chi connectivity index (χ3n) is 3.12. The first kappa shape index (κ1) is 10.9. The van der Waals surface area contributed by atoms with Gasteiger partial charge in [-0.1, -0.05) is 36.4 Å². The minimum absolute atomic E-state index is 0.320. The molecule has 0 unspecified atom stereocenters. The van der Waals surface area contributed by atoms with Gasteiger partial charge in [-0.25, -0.2) is 0 Å². The zero-order valence-corrected chi connectivity index (χ0v) is 9.97. The van der Waals surface area contributed by atoms with E-state index in [-0.39, 0.29) is 0 Å². The van der Waals surface area contributed by atoms with E-state index < -0.39 is 0 Å². The monoisotopic (exact) mass is 238 g/mol. The summed E-state index contributed by atoms with van der Waals surface area (Å²) in [5.74, 6) is 2.14. The summed E-state index contributed by atoms with van der Waals surface area (Å²) in [5, 5.41) is 9.75. The highest BCUT2D eigenvalue weighted by molar-refractivity contribution is 5.41. The van der Waals surface area contributed by atoms with Crippen LogP contribution in [-0.2, 0) is 12.8 Å². The van der Waals surface area contributed by atoms with Crippen LogP contribution in [0.25, 0.3) is 0 Å². The summed E-state index contributed by atoms with van der Waals surface area (Å²) >= 11 is 0. The van der Waals surface area contributed by atoms with Gasteiger partial charge in [0, 0.05) is 12.0 Å². The quantitative estimate of drug-likeness (QED) is 0.868. The van der Waals surface area contributed by atoms with Crippen molar-refractivity contribution in [2.24, 2.45) is 0 Å². The van der Waals surface area contributed by atoms with Crippen molar-refractivity contribution in [2.75, 3.05) is 0 Å². The predicted molar refractivity (Wildman–Crippen MR) is 70.7 cm³/mol. The number of hydrogen-bond donors (Lipinski definition) is 1. The number of phenolic OH excluding ortho intramolecular Hbond substituents is 1. The Labute approximate surface area is 106 Å². The topological polar surface area (TPSA) is 29.5 Å². The summed E-state index contributed by atoms with van der Waals surface area (Å²) < 4.78 is 5.84. The SMILES string of the molecule is Oc1ccccc1CC1=CCc2ccccc2O1. The fourth-order valence-electron chi connectivity index (χ4n) is 2.14. The van der Waals surface area contributed by atoms with Crippen molar-refractivity contribution < 1.29 is 9.84 Å². The van der Waals surface area contributed by atoms with Gasteiger partial charge in [-0.15, -0.1) is 0 Å². The maximum atomic E-state index is 9.75. The normalized spacial score (nSPS) is 13.4. The first-order valence-corrected chi connectivity index (χ1v) is 6.04. The highest BCUT2D eigenvalue weighted by atomic mass is 16.5. The van der Waals surface area contributed by atoms with Crippen molar-refractivity contribution in [3.63, 3.8) is 0 Å². The zero-order valence-electron chi connectivity index (χ0n) is 9.97. The lowest BCUT2D eigenvalue weighted by atomic mass is 10.0. The lowest BCUT2D eigenvalue weighted by Gasteiger charge is -2.18. The van der Waals surface area contributed by atoms with Crippen LogP contribution in [0.15, 0.2) is 60.4 Å². The molecule has 90 valence electrons. The Morgan fingerprint density at radius 1 is 1.00 bits per heavy atom. The molecule has 0 aromatic heterocycles. The van der Waals surface area contributed by atoms with Gasteiger partial charge >= 0.3 is 0 Å². The molecule has 1 N–H and O–H groups in total. The van der Waals surface area contributed by atoms with E-state index in [4.69, 9.17) is 4.74 Å². The molecule has 0 saturated heterocycles. The van der Waals surface area contributed by atoms with Crippen molar-refractivity contribution >= 4 is 0 Å². The molecule has 2 aromatic rings. The van der Waals surface area contributed by atoms with Crippen molar-refractivity contribution in [3.8, 4) is 11.5 Å². The van der Waals surface area contributed by atoms with E-state index >= 15 is 0 Å². The molecule has 3 rings (SSSR count). The molecule has 0 atom stereocenters. The molecule has 0 radical (unpaired) electrons. The van der Waals surface area contributed by atoms with E-state index in [0.717, 1.165) is 23.5 Å². The molecular formula is C16H14O2. The predicted octanol–water partition coefficient (Wildman–Crippen LogP) is 3.45. The fourth-order valence-corrected chi connectivity index (χ4v) is 2.14. The summed E-state index contributed by atoms with van der Waals surface area (Å²) in [4.78, 5) is 0. The summed E-state index contributed by atoms with van der Waals surface area (Å²) in [7, 11) is 0. The van der Waals surface area contributed by atoms with E-state index in [1.165, 1.54) is 5.56 Å². The van der Waals surface area contributed by atoms with E-state index in [1.54, 1.807) is 6.07 Å². The number of ether oxygens (including phenoxy) is 1. The standard InChI is InChI=1S/C16H14O2/c17-15-7-3-1-6-13(15)11-14-10-9-12-5-2-4-8-16(12)18-14/h1-8,10,17H,9,11H2. The van der Waals surface area contributed by atoms with Gasteiger partial charge in [-0.05, 0) is 30.2 Å². The number of allylic oxidation sites excluding steroid dienone is 2. The Morgan fingerprint density at radius 2 is 1.78 bits per heavy atom. The Hall–Kier alpha value is -2.22. The van der Waals surface area contributed by atoms with Crippen LogP contribution in [0, 0.1) is 0 Å². The van der Waals surface area contributed by atoms with Gasteiger partial charge in [0.1, 0.15) is 17.3 Å². The van der Waals surface area contributed by atoms with Crippen LogP contribution in [-0.4, -0.2) is 5.11 Å². The number of phenols is 1. The average molecular weight is 238 g/mol. The summed E-state index contributed by atoms with van der Waals surface area (Å²) in [6.07, 6.45) is 3.59. The van der Waals surface area contributed by atoms with Crippen molar-refractivity contribution in [2.45, 2.75) is 12.8 Å². The molecule has 2 heteroatoms. The highest BCUT2D eigenvalue weighted by Gasteiger charge is 2.13. The summed E-state index contributed by atoms with van der Waals surface area (Å²) in [5.41, 5.74) is 2.10. The van der Waals surface area contributed by atoms with Gasteiger partial charge in [0.05, 0.1) is 0 Å². The number of rotatable bonds is 2. The van der Waals surface area contributed by atoms with Crippen LogP contribution >= 0.6 is 0 Å². The Morgan fingerprint density at radius 3 is 2.67 bits per heavy atom. The molecule has 1 aliphatic heterocycles. The second kappa shape index (κ2) is 4.57. The fraction of sp³-hybridized carbons (Fsp3) is 0.125. The lowest BCUT2D eigenvalue weighted by Crippen LogP contribution is -2.06.